The Morgan fingerprint density at radius 1 is 1.09 bits per heavy atom. The van der Waals surface area contributed by atoms with Gasteiger partial charge in [-0.1, -0.05) is 23.7 Å². The Balaban J connectivity index is 1.48. The van der Waals surface area contributed by atoms with E-state index < -0.39 is 16.7 Å². The number of hydrogen-bond donors (Lipinski definition) is 3. The maximum absolute atomic E-state index is 12.3. The van der Waals surface area contributed by atoms with E-state index in [0.717, 1.165) is 0 Å². The summed E-state index contributed by atoms with van der Waals surface area (Å²) in [5, 5.41) is 13.6. The third-order valence-electron chi connectivity index (χ3n) is 3.90. The summed E-state index contributed by atoms with van der Waals surface area (Å²) in [6.45, 7) is -0.296. The predicted molar refractivity (Wildman–Crippen MR) is 119 cm³/mol. The molecule has 0 aliphatic rings. The molecule has 1 heterocycles. The van der Waals surface area contributed by atoms with Gasteiger partial charge in [0, 0.05) is 22.7 Å². The van der Waals surface area contributed by atoms with Crippen LogP contribution in [0.4, 0.5) is 5.69 Å². The van der Waals surface area contributed by atoms with E-state index in [1.807, 2.05) is 0 Å². The Bertz CT molecular complexity index is 1160. The van der Waals surface area contributed by atoms with E-state index in [0.29, 0.717) is 16.3 Å². The highest BCUT2D eigenvalue weighted by molar-refractivity contribution is 7.80. The number of nitro benzene ring substituents is 1. The zero-order valence-electron chi connectivity index (χ0n) is 16.2. The first-order valence-corrected chi connectivity index (χ1v) is 9.73. The van der Waals surface area contributed by atoms with Crippen molar-refractivity contribution in [2.75, 3.05) is 6.61 Å². The number of nitro groups is 1. The van der Waals surface area contributed by atoms with Crippen molar-refractivity contribution in [3.05, 3.63) is 81.6 Å². The van der Waals surface area contributed by atoms with Gasteiger partial charge in [0.25, 0.3) is 17.5 Å². The van der Waals surface area contributed by atoms with Crippen LogP contribution in [-0.2, 0) is 4.79 Å². The van der Waals surface area contributed by atoms with Gasteiger partial charge >= 0.3 is 0 Å². The first-order chi connectivity index (χ1) is 15.3. The van der Waals surface area contributed by atoms with E-state index in [4.69, 9.17) is 33.0 Å². The molecule has 0 saturated heterocycles. The second kappa shape index (κ2) is 10.4. The second-order valence-electron chi connectivity index (χ2n) is 6.17. The van der Waals surface area contributed by atoms with Crippen LogP contribution in [0, 0.1) is 10.1 Å². The lowest BCUT2D eigenvalue weighted by Crippen LogP contribution is -2.49. The van der Waals surface area contributed by atoms with Crippen LogP contribution in [0.2, 0.25) is 5.02 Å². The number of amides is 2. The van der Waals surface area contributed by atoms with Crippen molar-refractivity contribution in [3.63, 3.8) is 0 Å². The van der Waals surface area contributed by atoms with Crippen molar-refractivity contribution < 1.29 is 23.7 Å². The molecule has 0 bridgehead atoms. The fourth-order valence-electron chi connectivity index (χ4n) is 2.43. The van der Waals surface area contributed by atoms with Crippen molar-refractivity contribution >= 4 is 46.4 Å². The largest absolute Gasteiger partial charge is 0.484 e. The molecule has 0 saturated carbocycles. The van der Waals surface area contributed by atoms with Crippen LogP contribution < -0.4 is 20.9 Å². The molecule has 3 N–H and O–H groups in total. The van der Waals surface area contributed by atoms with Gasteiger partial charge < -0.3 is 9.15 Å². The van der Waals surface area contributed by atoms with Gasteiger partial charge in [-0.2, -0.15) is 0 Å². The average molecular weight is 475 g/mol. The molecular formula is C20H15ClN4O6S. The van der Waals surface area contributed by atoms with E-state index in [-0.39, 0.29) is 28.9 Å². The van der Waals surface area contributed by atoms with Gasteiger partial charge in [-0.25, -0.2) is 0 Å². The van der Waals surface area contributed by atoms with E-state index in [9.17, 15) is 19.7 Å². The molecule has 0 fully saturated rings. The summed E-state index contributed by atoms with van der Waals surface area (Å²) < 4.78 is 10.7. The van der Waals surface area contributed by atoms with Gasteiger partial charge in [0.2, 0.25) is 0 Å². The number of non-ortho nitro benzene ring substituents is 1. The molecular weight excluding hydrogens is 460 g/mol. The average Bonchev–Trinajstić information content (AvgIpc) is 3.28. The van der Waals surface area contributed by atoms with E-state index in [2.05, 4.69) is 16.2 Å². The number of thiocarbonyl (C=S) groups is 1. The van der Waals surface area contributed by atoms with E-state index in [1.54, 1.807) is 30.3 Å². The fraction of sp³-hybridized carbons (Fsp3) is 0.0500. The summed E-state index contributed by atoms with van der Waals surface area (Å²) in [6, 6.07) is 15.2. The maximum atomic E-state index is 12.3. The smallest absolute Gasteiger partial charge is 0.293 e. The van der Waals surface area contributed by atoms with Crippen molar-refractivity contribution in [2.45, 2.75) is 0 Å². The molecule has 0 atom stereocenters. The minimum absolute atomic E-state index is 0.0759. The summed E-state index contributed by atoms with van der Waals surface area (Å²) in [5.41, 5.74) is 4.98. The van der Waals surface area contributed by atoms with Crippen LogP contribution in [0.15, 0.2) is 65.1 Å². The summed E-state index contributed by atoms with van der Waals surface area (Å²) in [5.74, 6) is -0.565. The lowest BCUT2D eigenvalue weighted by Gasteiger charge is -2.10. The zero-order chi connectivity index (χ0) is 23.1. The topological polar surface area (TPSA) is 136 Å². The van der Waals surface area contributed by atoms with Gasteiger partial charge in [0.15, 0.2) is 17.5 Å². The summed E-state index contributed by atoms with van der Waals surface area (Å²) in [6.07, 6.45) is 0. The quantitative estimate of drug-likeness (QED) is 0.281. The van der Waals surface area contributed by atoms with Gasteiger partial charge in [0.1, 0.15) is 11.5 Å². The zero-order valence-corrected chi connectivity index (χ0v) is 17.7. The summed E-state index contributed by atoms with van der Waals surface area (Å²) in [4.78, 5) is 34.5. The van der Waals surface area contributed by atoms with Gasteiger partial charge in [-0.3, -0.25) is 35.9 Å². The minimum atomic E-state index is -0.675. The van der Waals surface area contributed by atoms with Gasteiger partial charge in [-0.05, 0) is 48.6 Å². The predicted octanol–water partition coefficient (Wildman–Crippen LogP) is 3.22. The minimum Gasteiger partial charge on any atom is -0.484 e. The van der Waals surface area contributed by atoms with Crippen LogP contribution in [0.25, 0.3) is 11.3 Å². The number of ether oxygens (including phenoxy) is 1. The van der Waals surface area contributed by atoms with Crippen molar-refractivity contribution in [3.8, 4) is 17.1 Å². The first kappa shape index (κ1) is 22.7. The van der Waals surface area contributed by atoms with Crippen LogP contribution in [0.1, 0.15) is 10.6 Å². The lowest BCUT2D eigenvalue weighted by atomic mass is 10.1. The standard InChI is InChI=1S/C20H15ClN4O6S/c21-13-4-6-15(7-5-13)30-11-18(26)23-24-20(32)22-19(27)17-9-8-16(31-17)12-2-1-3-14(10-12)25(28)29/h1-10H,11H2,(H,23,26)(H2,22,24,27,32). The molecule has 2 amide bonds. The lowest BCUT2D eigenvalue weighted by molar-refractivity contribution is -0.384. The summed E-state index contributed by atoms with van der Waals surface area (Å²) in [7, 11) is 0. The Hall–Kier alpha value is -3.96. The van der Waals surface area contributed by atoms with Gasteiger partial charge in [-0.15, -0.1) is 0 Å². The normalized spacial score (nSPS) is 10.2. The molecule has 2 aromatic carbocycles. The van der Waals surface area contributed by atoms with Crippen molar-refractivity contribution in [1.29, 1.82) is 0 Å². The molecule has 0 unspecified atom stereocenters. The number of hydrogen-bond acceptors (Lipinski definition) is 7. The Labute approximate surface area is 191 Å². The van der Waals surface area contributed by atoms with Crippen LogP contribution in [0.3, 0.4) is 0 Å². The first-order valence-electron chi connectivity index (χ1n) is 8.95. The molecule has 3 rings (SSSR count). The third-order valence-corrected chi connectivity index (χ3v) is 4.35. The highest BCUT2D eigenvalue weighted by Gasteiger charge is 2.15. The molecule has 0 spiro atoms. The van der Waals surface area contributed by atoms with Crippen molar-refractivity contribution in [1.82, 2.24) is 16.2 Å². The van der Waals surface area contributed by atoms with Gasteiger partial charge in [0.05, 0.1) is 4.92 Å². The number of nitrogens with zero attached hydrogens (tertiary/aromatic N) is 1. The molecule has 164 valence electrons. The number of rotatable bonds is 6. The van der Waals surface area contributed by atoms with Crippen LogP contribution in [-0.4, -0.2) is 28.5 Å². The number of halogens is 1. The Morgan fingerprint density at radius 3 is 2.56 bits per heavy atom. The monoisotopic (exact) mass is 474 g/mol. The molecule has 3 aromatic rings. The highest BCUT2D eigenvalue weighted by Crippen LogP contribution is 2.25. The number of nitrogens with one attached hydrogen (secondary N) is 3. The van der Waals surface area contributed by atoms with E-state index >= 15 is 0 Å². The second-order valence-corrected chi connectivity index (χ2v) is 7.02. The number of benzene rings is 2. The van der Waals surface area contributed by atoms with Crippen LogP contribution in [0.5, 0.6) is 5.75 Å². The van der Waals surface area contributed by atoms with Crippen LogP contribution >= 0.6 is 23.8 Å². The molecule has 0 aliphatic heterocycles. The highest BCUT2D eigenvalue weighted by atomic mass is 35.5. The summed E-state index contributed by atoms with van der Waals surface area (Å²) >= 11 is 10.7. The third kappa shape index (κ3) is 6.27. The molecule has 0 aliphatic carbocycles. The number of hydrazine groups is 1. The number of furan rings is 1. The molecule has 12 heteroatoms. The molecule has 32 heavy (non-hydrogen) atoms. The number of carbonyl (C=O) groups excluding carboxylic acids is 2. The molecule has 0 radical (unpaired) electrons. The fourth-order valence-corrected chi connectivity index (χ4v) is 2.70. The Kier molecular flexibility index (Phi) is 7.37. The Morgan fingerprint density at radius 2 is 1.84 bits per heavy atom. The molecule has 1 aromatic heterocycles. The van der Waals surface area contributed by atoms with Crippen molar-refractivity contribution in [2.24, 2.45) is 0 Å². The van der Waals surface area contributed by atoms with E-state index in [1.165, 1.54) is 30.3 Å². The number of carbonyl (C=O) groups is 2. The maximum Gasteiger partial charge on any atom is 0.293 e. The SMILES string of the molecule is O=C(COc1ccc(Cl)cc1)NNC(=S)NC(=O)c1ccc(-c2cccc([N+](=O)[O-])c2)o1. The molecule has 10 nitrogen and oxygen atoms in total.